The van der Waals surface area contributed by atoms with Gasteiger partial charge in [-0.2, -0.15) is 5.10 Å². The van der Waals surface area contributed by atoms with Crippen LogP contribution >= 0.6 is 0 Å². The number of hydrazone groups is 1. The second-order valence-electron chi connectivity index (χ2n) is 16.7. The quantitative estimate of drug-likeness (QED) is 0.0331. The molecule has 9 nitrogen and oxygen atoms in total. The number of benzene rings is 5. The summed E-state index contributed by atoms with van der Waals surface area (Å²) in [4.78, 5) is 40.7. The molecule has 0 N–H and O–H groups in total. The number of carbonyl (C=O) groups is 2. The normalized spacial score (nSPS) is 15.2. The Morgan fingerprint density at radius 3 is 1.97 bits per heavy atom. The number of aryl methyl sites for hydroxylation is 1. The summed E-state index contributed by atoms with van der Waals surface area (Å²) in [6, 6.07) is 31.3. The number of para-hydroxylation sites is 1. The van der Waals surface area contributed by atoms with E-state index >= 15 is 0 Å². The van der Waals surface area contributed by atoms with E-state index in [1.165, 1.54) is 103 Å². The summed E-state index contributed by atoms with van der Waals surface area (Å²) in [6.45, 7) is 5.86. The molecule has 2 amide bonds. The third kappa shape index (κ3) is 8.19. The lowest BCUT2D eigenvalue weighted by atomic mass is 9.91. The molecule has 0 bridgehead atoms. The first kappa shape index (κ1) is 40.9. The summed E-state index contributed by atoms with van der Waals surface area (Å²) in [7, 11) is 0. The van der Waals surface area contributed by atoms with Gasteiger partial charge in [0.1, 0.15) is 0 Å². The number of hydrogen-bond donors (Lipinski definition) is 0. The van der Waals surface area contributed by atoms with E-state index in [1.54, 1.807) is 12.1 Å². The maximum atomic E-state index is 14.1. The van der Waals surface area contributed by atoms with Crippen molar-refractivity contribution in [2.24, 2.45) is 5.10 Å². The lowest BCUT2D eigenvalue weighted by Gasteiger charge is -2.30. The molecule has 0 saturated carbocycles. The van der Waals surface area contributed by atoms with Crippen LogP contribution in [0.15, 0.2) is 102 Å². The van der Waals surface area contributed by atoms with Crippen molar-refractivity contribution in [2.45, 2.75) is 123 Å². The van der Waals surface area contributed by atoms with E-state index < -0.39 is 0 Å². The molecule has 2 aliphatic rings. The van der Waals surface area contributed by atoms with Crippen molar-refractivity contribution in [3.63, 3.8) is 0 Å². The number of fused-ring (bicyclic) bond motifs is 3. The topological polar surface area (TPSA) is 101 Å². The molecule has 6 aromatic rings. The molecule has 0 aliphatic carbocycles. The molecule has 9 heteroatoms. The number of nitrogens with zero attached hydrogens (tertiary/aromatic N) is 5. The minimum atomic E-state index is -0.388. The van der Waals surface area contributed by atoms with Crippen LogP contribution in [0.4, 0.5) is 11.4 Å². The smallest absolute Gasteiger partial charge is 0.269 e. The van der Waals surface area contributed by atoms with Crippen molar-refractivity contribution in [3.05, 3.63) is 129 Å². The van der Waals surface area contributed by atoms with Crippen LogP contribution in [0, 0.1) is 10.1 Å². The first-order valence-corrected chi connectivity index (χ1v) is 22.4. The van der Waals surface area contributed by atoms with Crippen molar-refractivity contribution in [1.82, 2.24) is 9.47 Å². The van der Waals surface area contributed by atoms with Gasteiger partial charge in [0.2, 0.25) is 0 Å². The minimum absolute atomic E-state index is 0.0300. The van der Waals surface area contributed by atoms with Crippen LogP contribution in [-0.4, -0.2) is 38.5 Å². The van der Waals surface area contributed by atoms with Gasteiger partial charge in [0.25, 0.3) is 17.5 Å². The molecule has 1 unspecified atom stereocenters. The zero-order valence-electron chi connectivity index (χ0n) is 35.2. The van der Waals surface area contributed by atoms with Crippen LogP contribution in [-0.2, 0) is 6.54 Å². The Kier molecular flexibility index (Phi) is 12.7. The maximum absolute atomic E-state index is 14.1. The number of hydrogen-bond acceptors (Lipinski definition) is 6. The molecule has 5 aromatic carbocycles. The van der Waals surface area contributed by atoms with Gasteiger partial charge in [0, 0.05) is 75.3 Å². The third-order valence-electron chi connectivity index (χ3n) is 12.7. The van der Waals surface area contributed by atoms with Crippen LogP contribution in [0.3, 0.4) is 0 Å². The highest BCUT2D eigenvalue weighted by Gasteiger charge is 2.36. The van der Waals surface area contributed by atoms with Crippen molar-refractivity contribution in [3.8, 4) is 0 Å². The van der Waals surface area contributed by atoms with Gasteiger partial charge in [-0.05, 0) is 72.5 Å². The second kappa shape index (κ2) is 18.6. The van der Waals surface area contributed by atoms with E-state index in [4.69, 9.17) is 5.10 Å². The standard InChI is InChI=1S/C51H57N5O4/c1-3-5-7-9-10-11-12-13-14-18-33-54-50(57)41-22-19-21-40-47(31-29-42(49(40)41)51(54)58)55-48(35-44(52-55)36-24-27-38(28-25-36)56(59)60)37-26-30-46-43(34-37)39-20-15-16-23-45(39)53(46)32-17-8-6-4-2/h15-16,19-31,34,48H,3-14,17-18,32-33,35H2,1-2H3. The number of non-ortho nitro benzene ring substituents is 1. The molecule has 0 saturated heterocycles. The van der Waals surface area contributed by atoms with Gasteiger partial charge in [-0.15, -0.1) is 0 Å². The van der Waals surface area contributed by atoms with Crippen molar-refractivity contribution >= 4 is 61.5 Å². The molecule has 60 heavy (non-hydrogen) atoms. The van der Waals surface area contributed by atoms with E-state index in [0.29, 0.717) is 29.5 Å². The van der Waals surface area contributed by atoms with Gasteiger partial charge in [0.15, 0.2) is 0 Å². The van der Waals surface area contributed by atoms with E-state index in [9.17, 15) is 19.7 Å². The Balaban J connectivity index is 1.11. The second-order valence-corrected chi connectivity index (χ2v) is 16.7. The summed E-state index contributed by atoms with van der Waals surface area (Å²) < 4.78 is 2.45. The molecular weight excluding hydrogens is 747 g/mol. The zero-order chi connectivity index (χ0) is 41.6. The fourth-order valence-corrected chi connectivity index (χ4v) is 9.45. The third-order valence-corrected chi connectivity index (χ3v) is 12.7. The molecule has 0 spiro atoms. The molecule has 2 aliphatic heterocycles. The SMILES string of the molecule is CCCCCCCCCCCCN1C(=O)c2cccc3c(N4N=C(c5ccc([N+](=O)[O-])cc5)CC4c4ccc5c(c4)c4ccccc4n5CCCCCC)ccc(c23)C1=O. The Hall–Kier alpha value is -5.83. The number of nitro benzene ring substituents is 1. The Bertz CT molecular complexity index is 2530. The van der Waals surface area contributed by atoms with Crippen LogP contribution in [0.2, 0.25) is 0 Å². The number of aromatic nitrogens is 1. The van der Waals surface area contributed by atoms with Crippen LogP contribution in [0.5, 0.6) is 0 Å². The zero-order valence-corrected chi connectivity index (χ0v) is 35.2. The summed E-state index contributed by atoms with van der Waals surface area (Å²) in [5.41, 5.74) is 7.07. The molecule has 1 aromatic heterocycles. The molecule has 0 radical (unpaired) electrons. The minimum Gasteiger partial charge on any atom is -0.340 e. The molecule has 0 fully saturated rings. The average Bonchev–Trinajstić information content (AvgIpc) is 3.85. The van der Waals surface area contributed by atoms with E-state index in [2.05, 4.69) is 60.9 Å². The lowest BCUT2D eigenvalue weighted by Crippen LogP contribution is -2.41. The van der Waals surface area contributed by atoms with Gasteiger partial charge in [-0.25, -0.2) is 0 Å². The van der Waals surface area contributed by atoms with E-state index in [0.717, 1.165) is 60.1 Å². The summed E-state index contributed by atoms with van der Waals surface area (Å²) in [5, 5.41) is 22.7. The number of amides is 2. The van der Waals surface area contributed by atoms with Crippen molar-refractivity contribution in [2.75, 3.05) is 11.6 Å². The number of anilines is 1. The largest absolute Gasteiger partial charge is 0.340 e. The van der Waals surface area contributed by atoms with Crippen LogP contribution < -0.4 is 5.01 Å². The van der Waals surface area contributed by atoms with Crippen molar-refractivity contribution < 1.29 is 14.5 Å². The monoisotopic (exact) mass is 803 g/mol. The van der Waals surface area contributed by atoms with Crippen molar-refractivity contribution in [1.29, 1.82) is 0 Å². The van der Waals surface area contributed by atoms with Gasteiger partial charge < -0.3 is 4.57 Å². The lowest BCUT2D eigenvalue weighted by molar-refractivity contribution is -0.384. The fraction of sp³-hybridized carbons (Fsp3) is 0.392. The highest BCUT2D eigenvalue weighted by molar-refractivity contribution is 6.27. The fourth-order valence-electron chi connectivity index (χ4n) is 9.45. The predicted octanol–water partition coefficient (Wildman–Crippen LogP) is 13.3. The first-order valence-electron chi connectivity index (χ1n) is 22.4. The number of nitro groups is 1. The number of imide groups is 1. The van der Waals surface area contributed by atoms with Gasteiger partial charge in [0.05, 0.1) is 22.4 Å². The summed E-state index contributed by atoms with van der Waals surface area (Å²) >= 11 is 0. The molecular formula is C51H57N5O4. The molecule has 1 atom stereocenters. The van der Waals surface area contributed by atoms with Gasteiger partial charge in [-0.1, -0.05) is 127 Å². The van der Waals surface area contributed by atoms with E-state index in [-0.39, 0.29) is 28.5 Å². The predicted molar refractivity (Wildman–Crippen MR) is 244 cm³/mol. The van der Waals surface area contributed by atoms with Crippen LogP contribution in [0.1, 0.15) is 148 Å². The van der Waals surface area contributed by atoms with E-state index in [1.807, 2.05) is 35.3 Å². The van der Waals surface area contributed by atoms with Gasteiger partial charge >= 0.3 is 0 Å². The Morgan fingerprint density at radius 1 is 0.633 bits per heavy atom. The Morgan fingerprint density at radius 2 is 1.25 bits per heavy atom. The molecule has 8 rings (SSSR count). The number of unbranched alkanes of at least 4 members (excludes halogenated alkanes) is 12. The molecule has 310 valence electrons. The summed E-state index contributed by atoms with van der Waals surface area (Å²) in [6.07, 6.45) is 17.2. The Labute approximate surface area is 353 Å². The molecule has 3 heterocycles. The maximum Gasteiger partial charge on any atom is 0.269 e. The number of rotatable bonds is 20. The summed E-state index contributed by atoms with van der Waals surface area (Å²) in [5.74, 6) is -0.480. The highest BCUT2D eigenvalue weighted by atomic mass is 16.6. The highest BCUT2D eigenvalue weighted by Crippen LogP contribution is 2.44. The van der Waals surface area contributed by atoms with Crippen LogP contribution in [0.25, 0.3) is 32.6 Å². The van der Waals surface area contributed by atoms with Gasteiger partial charge in [-0.3, -0.25) is 29.6 Å². The average molecular weight is 804 g/mol. The first-order chi connectivity index (χ1) is 29.4. The number of carbonyl (C=O) groups excluding carboxylic acids is 2.